The predicted octanol–water partition coefficient (Wildman–Crippen LogP) is 2.48. The predicted molar refractivity (Wildman–Crippen MR) is 80.7 cm³/mol. The van der Waals surface area contributed by atoms with Gasteiger partial charge in [-0.1, -0.05) is 19.1 Å². The lowest BCUT2D eigenvalue weighted by molar-refractivity contribution is 0.0678. The van der Waals surface area contributed by atoms with Gasteiger partial charge in [0, 0.05) is 18.7 Å². The Morgan fingerprint density at radius 1 is 1.37 bits per heavy atom. The number of aryl methyl sites for hydroxylation is 1. The maximum Gasteiger partial charge on any atom is 0.253 e. The van der Waals surface area contributed by atoms with E-state index in [4.69, 9.17) is 5.73 Å². The third-order valence-corrected chi connectivity index (χ3v) is 3.75. The fourth-order valence-corrected chi connectivity index (χ4v) is 2.51. The number of nitrogens with two attached hydrogens (primary N) is 1. The fourth-order valence-electron chi connectivity index (χ4n) is 2.51. The standard InChI is InChI=1S/C15H22N2O.ClH/c1-2-12-5-7-14(8-6-12)15(18)17-9-3-4-13(10-16)11-17;/h5-8,13H,2-4,9-11,16H2,1H3;1H. The molecule has 19 heavy (non-hydrogen) atoms. The van der Waals surface area contributed by atoms with E-state index in [1.54, 1.807) is 0 Å². The van der Waals surface area contributed by atoms with Crippen molar-refractivity contribution >= 4 is 18.3 Å². The van der Waals surface area contributed by atoms with Crippen LogP contribution in [0.2, 0.25) is 0 Å². The lowest BCUT2D eigenvalue weighted by Gasteiger charge is -2.32. The van der Waals surface area contributed by atoms with E-state index in [0.29, 0.717) is 12.5 Å². The molecule has 1 atom stereocenters. The Morgan fingerprint density at radius 2 is 2.05 bits per heavy atom. The number of rotatable bonds is 3. The molecule has 1 aromatic rings. The van der Waals surface area contributed by atoms with Crippen molar-refractivity contribution < 1.29 is 4.79 Å². The van der Waals surface area contributed by atoms with Gasteiger partial charge in [0.2, 0.25) is 0 Å². The van der Waals surface area contributed by atoms with Gasteiger partial charge in [0.15, 0.2) is 0 Å². The Balaban J connectivity index is 0.00000180. The van der Waals surface area contributed by atoms with Gasteiger partial charge in [-0.25, -0.2) is 0 Å². The largest absolute Gasteiger partial charge is 0.338 e. The summed E-state index contributed by atoms with van der Waals surface area (Å²) in [7, 11) is 0. The number of carbonyl (C=O) groups excluding carboxylic acids is 1. The van der Waals surface area contributed by atoms with E-state index in [-0.39, 0.29) is 18.3 Å². The molecular formula is C15H23ClN2O. The van der Waals surface area contributed by atoms with Gasteiger partial charge in [-0.15, -0.1) is 12.4 Å². The fraction of sp³-hybridized carbons (Fsp3) is 0.533. The number of carbonyl (C=O) groups is 1. The molecule has 3 nitrogen and oxygen atoms in total. The van der Waals surface area contributed by atoms with Crippen LogP contribution in [0.15, 0.2) is 24.3 Å². The van der Waals surface area contributed by atoms with E-state index in [0.717, 1.165) is 37.9 Å². The van der Waals surface area contributed by atoms with Crippen LogP contribution in [0, 0.1) is 5.92 Å². The van der Waals surface area contributed by atoms with Crippen LogP contribution in [-0.2, 0) is 6.42 Å². The van der Waals surface area contributed by atoms with Crippen molar-refractivity contribution in [3.05, 3.63) is 35.4 Å². The molecule has 2 N–H and O–H groups in total. The number of benzene rings is 1. The van der Waals surface area contributed by atoms with E-state index in [1.807, 2.05) is 29.2 Å². The Kier molecular flexibility index (Phi) is 6.32. The molecule has 1 fully saturated rings. The van der Waals surface area contributed by atoms with Gasteiger partial charge in [0.05, 0.1) is 0 Å². The molecular weight excluding hydrogens is 260 g/mol. The number of amides is 1. The maximum absolute atomic E-state index is 12.3. The first kappa shape index (κ1) is 16.0. The summed E-state index contributed by atoms with van der Waals surface area (Å²) in [6.45, 7) is 4.47. The van der Waals surface area contributed by atoms with Crippen LogP contribution in [0.3, 0.4) is 0 Å². The number of piperidine rings is 1. The van der Waals surface area contributed by atoms with Gasteiger partial charge >= 0.3 is 0 Å². The van der Waals surface area contributed by atoms with Crippen molar-refractivity contribution in [3.63, 3.8) is 0 Å². The summed E-state index contributed by atoms with van der Waals surface area (Å²) in [6, 6.07) is 7.95. The topological polar surface area (TPSA) is 46.3 Å². The molecule has 1 amide bonds. The Hall–Kier alpha value is -1.06. The molecule has 1 aromatic carbocycles. The highest BCUT2D eigenvalue weighted by Gasteiger charge is 2.23. The summed E-state index contributed by atoms with van der Waals surface area (Å²) < 4.78 is 0. The van der Waals surface area contributed by atoms with Gasteiger partial charge in [-0.3, -0.25) is 4.79 Å². The second-order valence-electron chi connectivity index (χ2n) is 5.05. The van der Waals surface area contributed by atoms with E-state index in [1.165, 1.54) is 5.56 Å². The molecule has 1 aliphatic heterocycles. The molecule has 0 bridgehead atoms. The summed E-state index contributed by atoms with van der Waals surface area (Å²) >= 11 is 0. The molecule has 1 heterocycles. The average Bonchev–Trinajstić information content (AvgIpc) is 2.46. The van der Waals surface area contributed by atoms with Crippen molar-refractivity contribution in [2.45, 2.75) is 26.2 Å². The van der Waals surface area contributed by atoms with E-state index in [2.05, 4.69) is 6.92 Å². The summed E-state index contributed by atoms with van der Waals surface area (Å²) in [5.74, 6) is 0.619. The molecule has 4 heteroatoms. The van der Waals surface area contributed by atoms with Gasteiger partial charge < -0.3 is 10.6 Å². The van der Waals surface area contributed by atoms with Gasteiger partial charge in [-0.05, 0) is 49.4 Å². The lowest BCUT2D eigenvalue weighted by atomic mass is 9.97. The van der Waals surface area contributed by atoms with Crippen LogP contribution in [0.4, 0.5) is 0 Å². The van der Waals surface area contributed by atoms with Crippen molar-refractivity contribution in [2.24, 2.45) is 11.7 Å². The normalized spacial score (nSPS) is 18.8. The van der Waals surface area contributed by atoms with Crippen LogP contribution in [0.1, 0.15) is 35.7 Å². The first-order valence-electron chi connectivity index (χ1n) is 6.83. The molecule has 0 radical (unpaired) electrons. The Labute approximate surface area is 121 Å². The third kappa shape index (κ3) is 3.95. The quantitative estimate of drug-likeness (QED) is 0.926. The summed E-state index contributed by atoms with van der Waals surface area (Å²) in [6.07, 6.45) is 3.23. The summed E-state index contributed by atoms with van der Waals surface area (Å²) in [4.78, 5) is 14.3. The molecule has 1 unspecified atom stereocenters. The zero-order valence-corrected chi connectivity index (χ0v) is 12.3. The SMILES string of the molecule is CCc1ccc(C(=O)N2CCCC(CN)C2)cc1.Cl. The van der Waals surface area contributed by atoms with Crippen molar-refractivity contribution in [2.75, 3.05) is 19.6 Å². The maximum atomic E-state index is 12.3. The smallest absolute Gasteiger partial charge is 0.253 e. The summed E-state index contributed by atoms with van der Waals surface area (Å²) in [5, 5.41) is 0. The minimum absolute atomic E-state index is 0. The molecule has 1 aliphatic rings. The number of hydrogen-bond donors (Lipinski definition) is 1. The second-order valence-corrected chi connectivity index (χ2v) is 5.05. The van der Waals surface area contributed by atoms with Gasteiger partial charge in [0.1, 0.15) is 0 Å². The van der Waals surface area contributed by atoms with Crippen molar-refractivity contribution in [1.82, 2.24) is 4.90 Å². The van der Waals surface area contributed by atoms with Crippen molar-refractivity contribution in [3.8, 4) is 0 Å². The number of halogens is 1. The third-order valence-electron chi connectivity index (χ3n) is 3.75. The molecule has 0 saturated carbocycles. The highest BCUT2D eigenvalue weighted by Crippen LogP contribution is 2.18. The molecule has 0 spiro atoms. The van der Waals surface area contributed by atoms with Crippen LogP contribution >= 0.6 is 12.4 Å². The second kappa shape index (κ2) is 7.51. The number of likely N-dealkylation sites (tertiary alicyclic amines) is 1. The average molecular weight is 283 g/mol. The van der Waals surface area contributed by atoms with Crippen LogP contribution in [0.5, 0.6) is 0 Å². The minimum atomic E-state index is 0. The van der Waals surface area contributed by atoms with Crippen molar-refractivity contribution in [1.29, 1.82) is 0 Å². The molecule has 0 aromatic heterocycles. The molecule has 2 rings (SSSR count). The Bertz CT molecular complexity index is 405. The Morgan fingerprint density at radius 3 is 2.63 bits per heavy atom. The highest BCUT2D eigenvalue weighted by atomic mass is 35.5. The first-order valence-corrected chi connectivity index (χ1v) is 6.83. The van der Waals surface area contributed by atoms with E-state index >= 15 is 0 Å². The van der Waals surface area contributed by atoms with Gasteiger partial charge in [-0.2, -0.15) is 0 Å². The monoisotopic (exact) mass is 282 g/mol. The van der Waals surface area contributed by atoms with Crippen LogP contribution in [0.25, 0.3) is 0 Å². The summed E-state index contributed by atoms with van der Waals surface area (Å²) in [5.41, 5.74) is 7.77. The van der Waals surface area contributed by atoms with Gasteiger partial charge in [0.25, 0.3) is 5.91 Å². The number of hydrogen-bond acceptors (Lipinski definition) is 2. The zero-order valence-electron chi connectivity index (χ0n) is 11.5. The first-order chi connectivity index (χ1) is 8.74. The van der Waals surface area contributed by atoms with E-state index < -0.39 is 0 Å². The number of nitrogens with zero attached hydrogens (tertiary/aromatic N) is 1. The van der Waals surface area contributed by atoms with Crippen LogP contribution in [-0.4, -0.2) is 30.4 Å². The minimum Gasteiger partial charge on any atom is -0.338 e. The molecule has 1 saturated heterocycles. The lowest BCUT2D eigenvalue weighted by Crippen LogP contribution is -2.42. The highest BCUT2D eigenvalue weighted by molar-refractivity contribution is 5.94. The molecule has 106 valence electrons. The van der Waals surface area contributed by atoms with Crippen LogP contribution < -0.4 is 5.73 Å². The molecule has 0 aliphatic carbocycles. The zero-order chi connectivity index (χ0) is 13.0. The van der Waals surface area contributed by atoms with E-state index in [9.17, 15) is 4.79 Å².